The molecule has 40 heavy (non-hydrogen) atoms. The van der Waals surface area contributed by atoms with Crippen molar-refractivity contribution in [2.24, 2.45) is 5.92 Å². The van der Waals surface area contributed by atoms with Crippen LogP contribution >= 0.6 is 0 Å². The second kappa shape index (κ2) is 12.5. The molecule has 0 aromatic heterocycles. The summed E-state index contributed by atoms with van der Waals surface area (Å²) in [6.45, 7) is 3.25. The number of hydrogen-bond acceptors (Lipinski definition) is 6. The van der Waals surface area contributed by atoms with Crippen LogP contribution < -0.4 is 19.5 Å². The molecule has 0 spiro atoms. The average molecular weight is 561 g/mol. The molecule has 0 saturated carbocycles. The minimum absolute atomic E-state index is 0.0422. The van der Waals surface area contributed by atoms with Crippen LogP contribution in [0.25, 0.3) is 11.1 Å². The van der Waals surface area contributed by atoms with Crippen LogP contribution in [-0.2, 0) is 14.8 Å². The van der Waals surface area contributed by atoms with E-state index in [0.717, 1.165) is 11.1 Å². The van der Waals surface area contributed by atoms with E-state index in [1.54, 1.807) is 74.5 Å². The van der Waals surface area contributed by atoms with E-state index < -0.39 is 34.0 Å². The van der Waals surface area contributed by atoms with Crippen molar-refractivity contribution in [3.8, 4) is 28.4 Å². The number of sulfonamides is 1. The summed E-state index contributed by atoms with van der Waals surface area (Å²) in [4.78, 5) is 23.7. The van der Waals surface area contributed by atoms with Gasteiger partial charge in [0.1, 0.15) is 23.3 Å². The molecule has 0 fully saturated rings. The van der Waals surface area contributed by atoms with Crippen LogP contribution in [0.1, 0.15) is 13.8 Å². The van der Waals surface area contributed by atoms with Crippen LogP contribution in [0.15, 0.2) is 108 Å². The lowest BCUT2D eigenvalue weighted by atomic mass is 10.1. The first-order chi connectivity index (χ1) is 19.1. The van der Waals surface area contributed by atoms with Gasteiger partial charge in [-0.2, -0.15) is 4.72 Å². The number of amides is 1. The number of para-hydroxylation sites is 1. The molecule has 0 saturated heterocycles. The number of nitrogens with one attached hydrogen (secondary N) is 2. The van der Waals surface area contributed by atoms with Crippen molar-refractivity contribution in [3.63, 3.8) is 0 Å². The Hall–Kier alpha value is -4.67. The number of carbonyl (C=O) groups excluding carboxylic acids is 1. The Bertz CT molecular complexity index is 1550. The van der Waals surface area contributed by atoms with Crippen LogP contribution in [0.2, 0.25) is 0 Å². The number of carbonyl (C=O) groups is 2. The third-order valence-corrected chi connectivity index (χ3v) is 7.31. The Labute approximate surface area is 232 Å². The van der Waals surface area contributed by atoms with Crippen molar-refractivity contribution >= 4 is 27.8 Å². The van der Waals surface area contributed by atoms with Crippen LogP contribution in [0.4, 0.5) is 10.5 Å². The first kappa shape index (κ1) is 28.3. The summed E-state index contributed by atoms with van der Waals surface area (Å²) < 4.78 is 38.6. The van der Waals surface area contributed by atoms with Gasteiger partial charge in [0.2, 0.25) is 10.0 Å². The lowest BCUT2D eigenvalue weighted by molar-refractivity contribution is -0.140. The molecule has 4 aromatic rings. The quantitative estimate of drug-likeness (QED) is 0.212. The van der Waals surface area contributed by atoms with Crippen LogP contribution in [0.5, 0.6) is 17.2 Å². The van der Waals surface area contributed by atoms with E-state index in [1.807, 2.05) is 30.3 Å². The third kappa shape index (κ3) is 7.46. The van der Waals surface area contributed by atoms with Crippen LogP contribution in [0, 0.1) is 5.92 Å². The molecule has 206 valence electrons. The van der Waals surface area contributed by atoms with Crippen LogP contribution in [-0.4, -0.2) is 31.6 Å². The van der Waals surface area contributed by atoms with Gasteiger partial charge in [0.15, 0.2) is 0 Å². The summed E-state index contributed by atoms with van der Waals surface area (Å²) in [5.74, 6) is -0.00349. The molecule has 4 rings (SSSR count). The molecule has 0 aliphatic carbocycles. The summed E-state index contributed by atoms with van der Waals surface area (Å²) in [7, 11) is -4.01. The largest absolute Gasteiger partial charge is 0.480 e. The minimum Gasteiger partial charge on any atom is -0.480 e. The molecule has 3 N–H and O–H groups in total. The number of hydrogen-bond donors (Lipinski definition) is 3. The third-order valence-electron chi connectivity index (χ3n) is 5.86. The molecule has 0 heterocycles. The van der Waals surface area contributed by atoms with Gasteiger partial charge in [-0.05, 0) is 77.7 Å². The summed E-state index contributed by atoms with van der Waals surface area (Å²) in [5.41, 5.74) is 2.03. The number of carboxylic acid groups (broad SMARTS) is 1. The van der Waals surface area contributed by atoms with Gasteiger partial charge >= 0.3 is 12.1 Å². The van der Waals surface area contributed by atoms with Crippen LogP contribution in [0.3, 0.4) is 0 Å². The highest BCUT2D eigenvalue weighted by Gasteiger charge is 2.28. The Morgan fingerprint density at radius 3 is 1.80 bits per heavy atom. The lowest BCUT2D eigenvalue weighted by Crippen LogP contribution is -2.44. The predicted octanol–water partition coefficient (Wildman–Crippen LogP) is 6.14. The van der Waals surface area contributed by atoms with E-state index in [0.29, 0.717) is 22.9 Å². The van der Waals surface area contributed by atoms with Gasteiger partial charge in [-0.1, -0.05) is 56.3 Å². The van der Waals surface area contributed by atoms with E-state index in [1.165, 1.54) is 12.1 Å². The zero-order valence-corrected chi connectivity index (χ0v) is 22.6. The maximum atomic E-state index is 12.6. The van der Waals surface area contributed by atoms with E-state index in [9.17, 15) is 23.1 Å². The van der Waals surface area contributed by atoms with Gasteiger partial charge in [0, 0.05) is 5.69 Å². The first-order valence-electron chi connectivity index (χ1n) is 12.4. The van der Waals surface area contributed by atoms with Gasteiger partial charge in [0.05, 0.1) is 4.90 Å². The topological polar surface area (TPSA) is 131 Å². The SMILES string of the molecule is CC(C)C(NS(=O)(=O)c1ccc(-c2ccc(OC(=O)Nc3ccc(Oc4ccccc4)cc3)cc2)cc1)C(=O)O. The average Bonchev–Trinajstić information content (AvgIpc) is 2.93. The molecule has 1 amide bonds. The van der Waals surface area contributed by atoms with Crippen molar-refractivity contribution < 1.29 is 32.6 Å². The van der Waals surface area contributed by atoms with Crippen molar-refractivity contribution in [1.82, 2.24) is 4.72 Å². The van der Waals surface area contributed by atoms with Gasteiger partial charge in [-0.3, -0.25) is 10.1 Å². The molecule has 10 heteroatoms. The van der Waals surface area contributed by atoms with Crippen molar-refractivity contribution in [1.29, 1.82) is 0 Å². The maximum absolute atomic E-state index is 12.6. The van der Waals surface area contributed by atoms with Gasteiger partial charge in [0.25, 0.3) is 0 Å². The van der Waals surface area contributed by atoms with E-state index in [4.69, 9.17) is 9.47 Å². The zero-order valence-electron chi connectivity index (χ0n) is 21.8. The summed E-state index contributed by atoms with van der Waals surface area (Å²) in [6.07, 6.45) is -0.660. The molecule has 0 bridgehead atoms. The number of rotatable bonds is 10. The fourth-order valence-electron chi connectivity index (χ4n) is 3.73. The molecule has 4 aromatic carbocycles. The Kier molecular flexibility index (Phi) is 8.83. The van der Waals surface area contributed by atoms with Gasteiger partial charge in [-0.25, -0.2) is 13.2 Å². The highest BCUT2D eigenvalue weighted by molar-refractivity contribution is 7.89. The Morgan fingerprint density at radius 2 is 1.25 bits per heavy atom. The molecular weight excluding hydrogens is 532 g/mol. The zero-order chi connectivity index (χ0) is 28.7. The maximum Gasteiger partial charge on any atom is 0.417 e. The van der Waals surface area contributed by atoms with E-state index >= 15 is 0 Å². The van der Waals surface area contributed by atoms with Crippen molar-refractivity contribution in [3.05, 3.63) is 103 Å². The summed E-state index contributed by atoms with van der Waals surface area (Å²) in [6, 6.07) is 27.8. The van der Waals surface area contributed by atoms with E-state index in [-0.39, 0.29) is 4.90 Å². The molecule has 0 radical (unpaired) electrons. The number of carboxylic acids is 1. The predicted molar refractivity (Wildman–Crippen MR) is 151 cm³/mol. The smallest absolute Gasteiger partial charge is 0.417 e. The molecule has 0 aliphatic heterocycles. The van der Waals surface area contributed by atoms with Crippen molar-refractivity contribution in [2.45, 2.75) is 24.8 Å². The monoisotopic (exact) mass is 560 g/mol. The normalized spacial score (nSPS) is 12.0. The van der Waals surface area contributed by atoms with Gasteiger partial charge in [-0.15, -0.1) is 0 Å². The fraction of sp³-hybridized carbons (Fsp3) is 0.133. The highest BCUT2D eigenvalue weighted by atomic mass is 32.2. The van der Waals surface area contributed by atoms with E-state index in [2.05, 4.69) is 10.0 Å². The number of anilines is 1. The number of aliphatic carboxylic acids is 1. The second-order valence-electron chi connectivity index (χ2n) is 9.18. The Morgan fingerprint density at radius 1 is 0.725 bits per heavy atom. The number of benzene rings is 4. The molecular formula is C30H28N2O7S. The van der Waals surface area contributed by atoms with Crippen molar-refractivity contribution in [2.75, 3.05) is 5.32 Å². The highest BCUT2D eigenvalue weighted by Crippen LogP contribution is 2.25. The first-order valence-corrected chi connectivity index (χ1v) is 13.9. The van der Waals surface area contributed by atoms with Gasteiger partial charge < -0.3 is 14.6 Å². The molecule has 1 unspecified atom stereocenters. The minimum atomic E-state index is -4.01. The molecule has 1 atom stereocenters. The number of ether oxygens (including phenoxy) is 2. The molecule has 9 nitrogen and oxygen atoms in total. The standard InChI is InChI=1S/C30H28N2O7S/c1-20(2)28(29(33)34)32-40(36,37)27-18-10-22(11-19-27)21-8-14-26(15-9-21)39-30(35)31-23-12-16-25(17-13-23)38-24-6-4-3-5-7-24/h3-20,28,32H,1-2H3,(H,31,35)(H,33,34). The Balaban J connectivity index is 1.34. The lowest BCUT2D eigenvalue weighted by Gasteiger charge is -2.18. The summed E-state index contributed by atoms with van der Waals surface area (Å²) in [5, 5.41) is 11.9. The fourth-order valence-corrected chi connectivity index (χ4v) is 5.07. The summed E-state index contributed by atoms with van der Waals surface area (Å²) >= 11 is 0. The second-order valence-corrected chi connectivity index (χ2v) is 10.9. The molecule has 0 aliphatic rings.